The smallest absolute Gasteiger partial charge is 0.240 e. The lowest BCUT2D eigenvalue weighted by Gasteiger charge is -2.13. The van der Waals surface area contributed by atoms with E-state index >= 15 is 0 Å². The second-order valence-electron chi connectivity index (χ2n) is 4.21. The quantitative estimate of drug-likeness (QED) is 0.898. The molecule has 1 amide bonds. The van der Waals surface area contributed by atoms with E-state index < -0.39 is 16.0 Å². The molecule has 0 saturated heterocycles. The molecule has 0 saturated carbocycles. The van der Waals surface area contributed by atoms with Crippen molar-refractivity contribution in [2.24, 2.45) is 0 Å². The van der Waals surface area contributed by atoms with E-state index in [-0.39, 0.29) is 5.91 Å². The van der Waals surface area contributed by atoms with Crippen molar-refractivity contribution in [1.29, 1.82) is 0 Å². The average Bonchev–Trinajstić information content (AvgIpc) is 2.47. The molecule has 1 heterocycles. The molecule has 20 heavy (non-hydrogen) atoms. The molecule has 2 rings (SSSR count). The zero-order valence-electron chi connectivity index (χ0n) is 10.9. The van der Waals surface area contributed by atoms with E-state index in [2.05, 4.69) is 10.3 Å². The van der Waals surface area contributed by atoms with Crippen LogP contribution in [-0.2, 0) is 15.6 Å². The number of hydrogen-bond acceptors (Lipinski definition) is 4. The molecular weight excluding hydrogens is 274 g/mol. The summed E-state index contributed by atoms with van der Waals surface area (Å²) in [5, 5.41) is 2.01. The summed E-state index contributed by atoms with van der Waals surface area (Å²) in [5.41, 5.74) is 6.72. The van der Waals surface area contributed by atoms with E-state index in [4.69, 9.17) is 5.73 Å². The van der Waals surface area contributed by atoms with Gasteiger partial charge in [0.05, 0.1) is 27.6 Å². The van der Waals surface area contributed by atoms with Gasteiger partial charge in [0.25, 0.3) is 0 Å². The number of benzene rings is 1. The van der Waals surface area contributed by atoms with Crippen molar-refractivity contribution >= 4 is 28.1 Å². The van der Waals surface area contributed by atoms with Crippen LogP contribution in [0.3, 0.4) is 0 Å². The number of aromatic nitrogens is 1. The van der Waals surface area contributed by atoms with E-state index in [1.807, 2.05) is 18.2 Å². The molecule has 0 aliphatic heterocycles. The van der Waals surface area contributed by atoms with Crippen LogP contribution in [0.25, 0.3) is 0 Å². The van der Waals surface area contributed by atoms with Gasteiger partial charge in [0.15, 0.2) is 0 Å². The summed E-state index contributed by atoms with van der Waals surface area (Å²) in [6.45, 7) is 1.61. The van der Waals surface area contributed by atoms with Crippen LogP contribution < -0.4 is 11.1 Å². The third-order valence-electron chi connectivity index (χ3n) is 2.76. The highest BCUT2D eigenvalue weighted by Gasteiger charge is 2.23. The molecule has 0 fully saturated rings. The number of para-hydroxylation sites is 1. The second-order valence-corrected chi connectivity index (χ2v) is 5.95. The maximum atomic E-state index is 12.3. The van der Waals surface area contributed by atoms with Gasteiger partial charge in [-0.25, -0.2) is 0 Å². The predicted octanol–water partition coefficient (Wildman–Crippen LogP) is 1.80. The van der Waals surface area contributed by atoms with Crippen LogP contribution in [0, 0.1) is 0 Å². The summed E-state index contributed by atoms with van der Waals surface area (Å²) in [5.74, 6) is -0.314. The SMILES string of the molecule is CC(C(=O)Nc1ccccc1)S(=O)c1ccncc1N. The Hall–Kier alpha value is -2.21. The summed E-state index contributed by atoms with van der Waals surface area (Å²) < 4.78 is 12.3. The number of carbonyl (C=O) groups excluding carboxylic acids is 1. The Kier molecular flexibility index (Phi) is 4.47. The van der Waals surface area contributed by atoms with Gasteiger partial charge in [-0.15, -0.1) is 0 Å². The van der Waals surface area contributed by atoms with Crippen LogP contribution in [0.5, 0.6) is 0 Å². The minimum absolute atomic E-state index is 0.314. The fourth-order valence-corrected chi connectivity index (χ4v) is 2.74. The monoisotopic (exact) mass is 289 g/mol. The molecule has 0 aliphatic rings. The number of amides is 1. The lowest BCUT2D eigenvalue weighted by atomic mass is 10.3. The molecule has 5 nitrogen and oxygen atoms in total. The molecule has 0 bridgehead atoms. The standard InChI is InChI=1S/C14H15N3O2S/c1-10(14(18)17-11-5-3-2-4-6-11)20(19)13-7-8-16-9-12(13)15/h2-10H,15H2,1H3,(H,17,18). The van der Waals surface area contributed by atoms with E-state index in [0.717, 1.165) is 0 Å². The minimum Gasteiger partial charge on any atom is -0.396 e. The van der Waals surface area contributed by atoms with Crippen molar-refractivity contribution in [1.82, 2.24) is 4.98 Å². The number of carbonyl (C=O) groups is 1. The highest BCUT2D eigenvalue weighted by Crippen LogP contribution is 2.18. The van der Waals surface area contributed by atoms with Gasteiger partial charge in [-0.2, -0.15) is 0 Å². The molecule has 1 aromatic carbocycles. The second kappa shape index (κ2) is 6.29. The van der Waals surface area contributed by atoms with Gasteiger partial charge >= 0.3 is 0 Å². The first kappa shape index (κ1) is 14.2. The Morgan fingerprint density at radius 3 is 2.65 bits per heavy atom. The van der Waals surface area contributed by atoms with E-state index in [1.165, 1.54) is 12.4 Å². The Bertz CT molecular complexity index is 631. The molecule has 1 aromatic heterocycles. The van der Waals surface area contributed by atoms with Gasteiger partial charge in [-0.1, -0.05) is 18.2 Å². The molecule has 2 aromatic rings. The number of nitrogens with zero attached hydrogens (tertiary/aromatic N) is 1. The number of nitrogens with one attached hydrogen (secondary N) is 1. The normalized spacial score (nSPS) is 13.4. The predicted molar refractivity (Wildman–Crippen MR) is 79.6 cm³/mol. The highest BCUT2D eigenvalue weighted by molar-refractivity contribution is 7.86. The van der Waals surface area contributed by atoms with Gasteiger partial charge in [-0.05, 0) is 25.1 Å². The summed E-state index contributed by atoms with van der Waals surface area (Å²) >= 11 is 0. The summed E-state index contributed by atoms with van der Waals surface area (Å²) in [6, 6.07) is 10.6. The number of nitrogens with two attached hydrogens (primary N) is 1. The Morgan fingerprint density at radius 1 is 1.30 bits per heavy atom. The van der Waals surface area contributed by atoms with Crippen LogP contribution in [0.1, 0.15) is 6.92 Å². The molecule has 104 valence electrons. The molecular formula is C14H15N3O2S. The zero-order valence-corrected chi connectivity index (χ0v) is 11.8. The van der Waals surface area contributed by atoms with Crippen molar-refractivity contribution < 1.29 is 9.00 Å². The van der Waals surface area contributed by atoms with Crippen LogP contribution >= 0.6 is 0 Å². The van der Waals surface area contributed by atoms with Gasteiger partial charge in [0, 0.05) is 11.9 Å². The number of pyridine rings is 1. The Balaban J connectivity index is 2.11. The van der Waals surface area contributed by atoms with Gasteiger partial charge < -0.3 is 11.1 Å². The number of hydrogen-bond donors (Lipinski definition) is 2. The van der Waals surface area contributed by atoms with E-state index in [1.54, 1.807) is 25.1 Å². The lowest BCUT2D eigenvalue weighted by Crippen LogP contribution is -2.29. The summed E-state index contributed by atoms with van der Waals surface area (Å²) in [7, 11) is -1.52. The van der Waals surface area contributed by atoms with Gasteiger partial charge in [0.2, 0.25) is 5.91 Å². The van der Waals surface area contributed by atoms with E-state index in [9.17, 15) is 9.00 Å². The van der Waals surface area contributed by atoms with Gasteiger partial charge in [0.1, 0.15) is 5.25 Å². The first-order valence-electron chi connectivity index (χ1n) is 6.05. The minimum atomic E-state index is -1.52. The van der Waals surface area contributed by atoms with E-state index in [0.29, 0.717) is 16.3 Å². The molecule has 2 unspecified atom stereocenters. The first-order valence-corrected chi connectivity index (χ1v) is 7.27. The third-order valence-corrected chi connectivity index (χ3v) is 4.42. The molecule has 0 radical (unpaired) electrons. The Morgan fingerprint density at radius 2 is 2.00 bits per heavy atom. The fourth-order valence-electron chi connectivity index (χ4n) is 1.63. The first-order chi connectivity index (χ1) is 9.59. The van der Waals surface area contributed by atoms with Crippen LogP contribution in [0.2, 0.25) is 0 Å². The summed E-state index contributed by atoms with van der Waals surface area (Å²) in [4.78, 5) is 16.3. The number of anilines is 2. The number of rotatable bonds is 4. The van der Waals surface area contributed by atoms with Crippen molar-refractivity contribution in [2.45, 2.75) is 17.1 Å². The third kappa shape index (κ3) is 3.21. The maximum Gasteiger partial charge on any atom is 0.240 e. The Labute approximate surface area is 119 Å². The van der Waals surface area contributed by atoms with Crippen molar-refractivity contribution in [3.05, 3.63) is 48.8 Å². The van der Waals surface area contributed by atoms with Crippen molar-refractivity contribution in [2.75, 3.05) is 11.1 Å². The molecule has 2 atom stereocenters. The van der Waals surface area contributed by atoms with Crippen LogP contribution in [-0.4, -0.2) is 20.3 Å². The topological polar surface area (TPSA) is 85.1 Å². The van der Waals surface area contributed by atoms with Gasteiger partial charge in [-0.3, -0.25) is 14.0 Å². The molecule has 3 N–H and O–H groups in total. The fraction of sp³-hybridized carbons (Fsp3) is 0.143. The number of nitrogen functional groups attached to an aromatic ring is 1. The molecule has 0 spiro atoms. The molecule has 0 aliphatic carbocycles. The lowest BCUT2D eigenvalue weighted by molar-refractivity contribution is -0.115. The highest BCUT2D eigenvalue weighted by atomic mass is 32.2. The van der Waals surface area contributed by atoms with Crippen molar-refractivity contribution in [3.63, 3.8) is 0 Å². The summed E-state index contributed by atoms with van der Waals surface area (Å²) in [6.07, 6.45) is 2.93. The van der Waals surface area contributed by atoms with Crippen LogP contribution in [0.4, 0.5) is 11.4 Å². The maximum absolute atomic E-state index is 12.3. The zero-order chi connectivity index (χ0) is 14.5. The van der Waals surface area contributed by atoms with Crippen molar-refractivity contribution in [3.8, 4) is 0 Å². The largest absolute Gasteiger partial charge is 0.396 e. The van der Waals surface area contributed by atoms with Crippen LogP contribution in [0.15, 0.2) is 53.7 Å². The molecule has 6 heteroatoms. The average molecular weight is 289 g/mol.